The molecular formula is C11H11N5. The number of aryl methyl sites for hydroxylation is 1. The highest BCUT2D eigenvalue weighted by atomic mass is 15.5. The summed E-state index contributed by atoms with van der Waals surface area (Å²) in [5, 5.41) is 14.2. The van der Waals surface area contributed by atoms with Crippen LogP contribution in [0.1, 0.15) is 11.4 Å². The smallest absolute Gasteiger partial charge is 0.252 e. The number of fused-ring (bicyclic) bond motifs is 3. The highest BCUT2D eigenvalue weighted by Crippen LogP contribution is 2.23. The first kappa shape index (κ1) is 9.08. The summed E-state index contributed by atoms with van der Waals surface area (Å²) in [5.41, 5.74) is 2.13. The van der Waals surface area contributed by atoms with Crippen molar-refractivity contribution in [3.8, 4) is 5.69 Å². The number of hydrogen-bond donors (Lipinski definition) is 0. The third kappa shape index (κ3) is 1.14. The lowest BCUT2D eigenvalue weighted by Crippen LogP contribution is -2.12. The fourth-order valence-corrected chi connectivity index (χ4v) is 1.84. The molecule has 0 amide bonds. The summed E-state index contributed by atoms with van der Waals surface area (Å²) in [4.78, 5) is 0. The highest BCUT2D eigenvalue weighted by molar-refractivity contribution is 5.86. The van der Waals surface area contributed by atoms with Crippen LogP contribution in [-0.4, -0.2) is 28.0 Å². The maximum Gasteiger partial charge on any atom is 0.252 e. The van der Waals surface area contributed by atoms with Gasteiger partial charge in [-0.1, -0.05) is 18.2 Å². The lowest BCUT2D eigenvalue weighted by Gasteiger charge is -2.11. The molecule has 2 heterocycles. The number of aromatic nitrogens is 3. The first-order valence-electron chi connectivity index (χ1n) is 5.06. The molecule has 1 aromatic carbocycles. The van der Waals surface area contributed by atoms with E-state index < -0.39 is 0 Å². The van der Waals surface area contributed by atoms with Gasteiger partial charge in [-0.3, -0.25) is 4.57 Å². The Bertz CT molecular complexity index is 570. The second-order valence-corrected chi connectivity index (χ2v) is 3.71. The molecule has 0 radical (unpaired) electrons. The predicted molar refractivity (Wildman–Crippen MR) is 62.1 cm³/mol. The SMILES string of the molecule is Cc1nnc2n1-c1ccccc1C=NN2C. The molecule has 0 aliphatic carbocycles. The van der Waals surface area contributed by atoms with Crippen molar-refractivity contribution < 1.29 is 0 Å². The van der Waals surface area contributed by atoms with Crippen LogP contribution in [0.2, 0.25) is 0 Å². The molecule has 5 heteroatoms. The van der Waals surface area contributed by atoms with E-state index in [9.17, 15) is 0 Å². The van der Waals surface area contributed by atoms with E-state index in [4.69, 9.17) is 0 Å². The van der Waals surface area contributed by atoms with Gasteiger partial charge in [0.2, 0.25) is 0 Å². The molecule has 1 aliphatic rings. The van der Waals surface area contributed by atoms with Crippen molar-refractivity contribution in [1.29, 1.82) is 0 Å². The third-order valence-corrected chi connectivity index (χ3v) is 2.64. The second kappa shape index (κ2) is 3.16. The molecule has 0 unspecified atom stereocenters. The van der Waals surface area contributed by atoms with Crippen molar-refractivity contribution in [1.82, 2.24) is 14.8 Å². The molecule has 5 nitrogen and oxygen atoms in total. The number of hydrazone groups is 1. The average Bonchev–Trinajstić information content (AvgIpc) is 2.61. The van der Waals surface area contributed by atoms with E-state index in [2.05, 4.69) is 15.3 Å². The average molecular weight is 213 g/mol. The van der Waals surface area contributed by atoms with Crippen molar-refractivity contribution in [2.45, 2.75) is 6.92 Å². The zero-order chi connectivity index (χ0) is 11.1. The Hall–Kier alpha value is -2.17. The third-order valence-electron chi connectivity index (χ3n) is 2.64. The van der Waals surface area contributed by atoms with E-state index in [0.717, 1.165) is 23.0 Å². The second-order valence-electron chi connectivity index (χ2n) is 3.71. The summed E-state index contributed by atoms with van der Waals surface area (Å²) < 4.78 is 2.00. The van der Waals surface area contributed by atoms with Crippen molar-refractivity contribution in [2.75, 3.05) is 12.1 Å². The van der Waals surface area contributed by atoms with Gasteiger partial charge in [-0.15, -0.1) is 10.2 Å². The maximum absolute atomic E-state index is 4.30. The molecule has 2 aromatic rings. The zero-order valence-electron chi connectivity index (χ0n) is 9.12. The predicted octanol–water partition coefficient (Wildman–Crippen LogP) is 1.36. The van der Waals surface area contributed by atoms with E-state index in [0.29, 0.717) is 0 Å². The molecular weight excluding hydrogens is 202 g/mol. The van der Waals surface area contributed by atoms with Crippen molar-refractivity contribution >= 4 is 12.2 Å². The molecule has 16 heavy (non-hydrogen) atoms. The molecule has 0 spiro atoms. The number of para-hydroxylation sites is 1. The van der Waals surface area contributed by atoms with Gasteiger partial charge in [0.15, 0.2) is 0 Å². The van der Waals surface area contributed by atoms with Gasteiger partial charge in [0.1, 0.15) is 5.82 Å². The number of hydrogen-bond acceptors (Lipinski definition) is 4. The van der Waals surface area contributed by atoms with Gasteiger partial charge < -0.3 is 0 Å². The summed E-state index contributed by atoms with van der Waals surface area (Å²) >= 11 is 0. The Morgan fingerprint density at radius 2 is 1.94 bits per heavy atom. The molecule has 0 N–H and O–H groups in total. The Morgan fingerprint density at radius 1 is 1.12 bits per heavy atom. The van der Waals surface area contributed by atoms with Gasteiger partial charge in [-0.25, -0.2) is 5.01 Å². The minimum atomic E-state index is 0.735. The van der Waals surface area contributed by atoms with E-state index >= 15 is 0 Å². The lowest BCUT2D eigenvalue weighted by atomic mass is 10.2. The van der Waals surface area contributed by atoms with Crippen molar-refractivity contribution in [3.05, 3.63) is 35.7 Å². The van der Waals surface area contributed by atoms with Gasteiger partial charge in [-0.05, 0) is 13.0 Å². The van der Waals surface area contributed by atoms with Crippen molar-refractivity contribution in [2.24, 2.45) is 5.10 Å². The molecule has 3 rings (SSSR count). The molecule has 0 saturated carbocycles. The number of anilines is 1. The Kier molecular flexibility index (Phi) is 1.80. The number of nitrogens with zero attached hydrogens (tertiary/aromatic N) is 5. The molecule has 1 aromatic heterocycles. The minimum absolute atomic E-state index is 0.735. The molecule has 0 saturated heterocycles. The summed E-state index contributed by atoms with van der Waals surface area (Å²) in [5.74, 6) is 1.60. The van der Waals surface area contributed by atoms with Crippen LogP contribution in [-0.2, 0) is 0 Å². The van der Waals surface area contributed by atoms with Gasteiger partial charge in [0, 0.05) is 12.6 Å². The molecule has 0 atom stereocenters. The molecule has 1 aliphatic heterocycles. The van der Waals surface area contributed by atoms with E-state index in [-0.39, 0.29) is 0 Å². The molecule has 0 fully saturated rings. The van der Waals surface area contributed by atoms with Gasteiger partial charge in [0.25, 0.3) is 5.95 Å². The fraction of sp³-hybridized carbons (Fsp3) is 0.182. The van der Waals surface area contributed by atoms with Crippen LogP contribution in [0.4, 0.5) is 5.95 Å². The topological polar surface area (TPSA) is 46.3 Å². The maximum atomic E-state index is 4.30. The Balaban J connectivity index is 2.37. The quantitative estimate of drug-likeness (QED) is 0.663. The Morgan fingerprint density at radius 3 is 2.81 bits per heavy atom. The monoisotopic (exact) mass is 213 g/mol. The van der Waals surface area contributed by atoms with Crippen LogP contribution in [0.3, 0.4) is 0 Å². The lowest BCUT2D eigenvalue weighted by molar-refractivity contribution is 0.900. The summed E-state index contributed by atoms with van der Waals surface area (Å²) in [6, 6.07) is 8.07. The number of benzene rings is 1. The highest BCUT2D eigenvalue weighted by Gasteiger charge is 2.18. The van der Waals surface area contributed by atoms with E-state index in [1.165, 1.54) is 0 Å². The Labute approximate surface area is 93.0 Å². The first-order valence-corrected chi connectivity index (χ1v) is 5.06. The first-order chi connectivity index (χ1) is 7.77. The van der Waals surface area contributed by atoms with E-state index in [1.54, 1.807) is 5.01 Å². The van der Waals surface area contributed by atoms with E-state index in [1.807, 2.05) is 49.0 Å². The van der Waals surface area contributed by atoms with Crippen LogP contribution in [0, 0.1) is 6.92 Å². The van der Waals surface area contributed by atoms with Gasteiger partial charge in [0.05, 0.1) is 11.9 Å². The normalized spacial score (nSPS) is 13.2. The largest absolute Gasteiger partial charge is 0.263 e. The van der Waals surface area contributed by atoms with Gasteiger partial charge >= 0.3 is 0 Å². The van der Waals surface area contributed by atoms with Crippen LogP contribution in [0.25, 0.3) is 5.69 Å². The zero-order valence-corrected chi connectivity index (χ0v) is 9.12. The van der Waals surface area contributed by atoms with Gasteiger partial charge in [-0.2, -0.15) is 5.10 Å². The number of rotatable bonds is 0. The standard InChI is InChI=1S/C11H11N5/c1-8-13-14-11-15(2)12-7-9-5-3-4-6-10(9)16(8)11/h3-7H,1-2H3. The fourth-order valence-electron chi connectivity index (χ4n) is 1.84. The molecule has 0 bridgehead atoms. The van der Waals surface area contributed by atoms with Crippen LogP contribution < -0.4 is 5.01 Å². The summed E-state index contributed by atoms with van der Waals surface area (Å²) in [6.45, 7) is 1.94. The van der Waals surface area contributed by atoms with Crippen LogP contribution in [0.5, 0.6) is 0 Å². The minimum Gasteiger partial charge on any atom is -0.263 e. The van der Waals surface area contributed by atoms with Crippen LogP contribution >= 0.6 is 0 Å². The summed E-state index contributed by atoms with van der Waals surface area (Å²) in [7, 11) is 1.86. The van der Waals surface area contributed by atoms with Crippen molar-refractivity contribution in [3.63, 3.8) is 0 Å². The summed E-state index contributed by atoms with van der Waals surface area (Å²) in [6.07, 6.45) is 1.84. The molecule has 80 valence electrons. The van der Waals surface area contributed by atoms with Crippen LogP contribution in [0.15, 0.2) is 29.4 Å².